The highest BCUT2D eigenvalue weighted by atomic mass is 19.1. The van der Waals surface area contributed by atoms with Crippen molar-refractivity contribution in [2.75, 3.05) is 66.6 Å². The summed E-state index contributed by atoms with van der Waals surface area (Å²) in [7, 11) is 3.10. The summed E-state index contributed by atoms with van der Waals surface area (Å²) in [5.74, 6) is -0.768. The molecule has 2 aromatic heterocycles. The van der Waals surface area contributed by atoms with E-state index < -0.39 is 11.7 Å². The van der Waals surface area contributed by atoms with Crippen LogP contribution in [0.25, 0.3) is 21.8 Å². The number of carbonyl (C=O) groups excluding carboxylic acids is 4. The van der Waals surface area contributed by atoms with Crippen LogP contribution in [0, 0.1) is 11.6 Å². The number of aromatic amines is 2. The zero-order valence-corrected chi connectivity index (χ0v) is 42.3. The molecular weight excluding hydrogens is 919 g/mol. The van der Waals surface area contributed by atoms with Gasteiger partial charge in [-0.1, -0.05) is 24.3 Å². The summed E-state index contributed by atoms with van der Waals surface area (Å²) in [4.78, 5) is 69.3. The minimum atomic E-state index is -0.571. The number of Topliss-reactive ketones (excluding diaryl/α,β-unsaturated/α-hetero) is 1. The van der Waals surface area contributed by atoms with E-state index in [0.29, 0.717) is 72.8 Å². The summed E-state index contributed by atoms with van der Waals surface area (Å²) in [6.45, 7) is 15.9. The van der Waals surface area contributed by atoms with Crippen molar-refractivity contribution < 1.29 is 37.4 Å². The summed E-state index contributed by atoms with van der Waals surface area (Å²) >= 11 is 0. The number of amides is 3. The minimum absolute atomic E-state index is 0.00858. The number of H-pyrrole nitrogens is 2. The van der Waals surface area contributed by atoms with Gasteiger partial charge in [0.2, 0.25) is 0 Å². The highest BCUT2D eigenvalue weighted by Gasteiger charge is 2.36. The lowest BCUT2D eigenvalue weighted by atomic mass is 10.0. The standard InChI is InChI=1S/C29H33FN4O4.C23H26FN3O2.C4H9N/c1-18-16-34(19(2)15-33(18)17-20-6-8-21(30)9-7-20)28(36)23-12-22-24(14-31-25(22)13-26(23)38-3)27(35)29(37)32-10-4-5-11-32;1-15-13-27(16(2)12-26(15)14-17-4-6-19(24)7-5-17)23(28)20-10-18-8-9-25-21(18)11-22(20)29-3;1-2-4-5-3-1/h6-9,12-14,18-19,31H,4-5,10-11,15-17H2,1-3H3;4-11,15-16,25H,12-14H2,1-3H3;5H,1-4H2/t18-,19+;15-,16+;/m00./s1. The number of piperazine rings is 2. The summed E-state index contributed by atoms with van der Waals surface area (Å²) in [6.07, 6.45) is 7.97. The molecule has 0 saturated carbocycles. The van der Waals surface area contributed by atoms with Gasteiger partial charge in [0, 0.05) is 123 Å². The van der Waals surface area contributed by atoms with Gasteiger partial charge in [0.15, 0.2) is 0 Å². The molecule has 14 nitrogen and oxygen atoms in total. The maximum atomic E-state index is 13.8. The van der Waals surface area contributed by atoms with Gasteiger partial charge in [0.1, 0.15) is 23.1 Å². The van der Waals surface area contributed by atoms with Crippen molar-refractivity contribution in [1.29, 1.82) is 0 Å². The number of ether oxygens (including phenoxy) is 2. The molecule has 4 saturated heterocycles. The zero-order valence-electron chi connectivity index (χ0n) is 42.3. The molecule has 4 aliphatic heterocycles. The second kappa shape index (κ2) is 23.3. The first-order chi connectivity index (χ1) is 34.7. The smallest absolute Gasteiger partial charge is 0.295 e. The van der Waals surface area contributed by atoms with E-state index in [0.717, 1.165) is 48.0 Å². The first-order valence-electron chi connectivity index (χ1n) is 25.2. The van der Waals surface area contributed by atoms with Crippen LogP contribution in [0.3, 0.4) is 0 Å². The van der Waals surface area contributed by atoms with Crippen molar-refractivity contribution in [3.8, 4) is 11.5 Å². The predicted molar refractivity (Wildman–Crippen MR) is 275 cm³/mol. The van der Waals surface area contributed by atoms with Crippen LogP contribution in [-0.4, -0.2) is 149 Å². The van der Waals surface area contributed by atoms with Gasteiger partial charge in [0.05, 0.1) is 30.9 Å². The zero-order chi connectivity index (χ0) is 51.1. The third-order valence-electron chi connectivity index (χ3n) is 14.5. The molecule has 10 rings (SSSR count). The first-order valence-corrected chi connectivity index (χ1v) is 25.2. The maximum absolute atomic E-state index is 13.8. The van der Waals surface area contributed by atoms with Crippen LogP contribution in [0.4, 0.5) is 8.78 Å². The van der Waals surface area contributed by atoms with Gasteiger partial charge in [-0.3, -0.25) is 29.0 Å². The average Bonchev–Trinajstić information content (AvgIpc) is 4.25. The second-order valence-electron chi connectivity index (χ2n) is 19.6. The fraction of sp³-hybridized carbons (Fsp3) is 0.429. The van der Waals surface area contributed by atoms with Crippen LogP contribution in [0.15, 0.2) is 91.3 Å². The Morgan fingerprint density at radius 1 is 0.583 bits per heavy atom. The number of fused-ring (bicyclic) bond motifs is 2. The number of carbonyl (C=O) groups is 4. The highest BCUT2D eigenvalue weighted by Crippen LogP contribution is 2.32. The fourth-order valence-electron chi connectivity index (χ4n) is 10.3. The molecule has 4 fully saturated rings. The summed E-state index contributed by atoms with van der Waals surface area (Å²) in [5.41, 5.74) is 4.87. The molecule has 4 aromatic carbocycles. The van der Waals surface area contributed by atoms with Crippen LogP contribution >= 0.6 is 0 Å². The van der Waals surface area contributed by atoms with E-state index in [4.69, 9.17) is 9.47 Å². The van der Waals surface area contributed by atoms with E-state index in [-0.39, 0.29) is 53.2 Å². The van der Waals surface area contributed by atoms with Gasteiger partial charge in [-0.25, -0.2) is 8.78 Å². The van der Waals surface area contributed by atoms with E-state index in [1.165, 1.54) is 63.5 Å². The Hall–Kier alpha value is -6.62. The largest absolute Gasteiger partial charge is 0.496 e. The molecule has 6 heterocycles. The molecule has 6 aromatic rings. The lowest BCUT2D eigenvalue weighted by molar-refractivity contribution is -0.125. The molecule has 0 radical (unpaired) electrons. The van der Waals surface area contributed by atoms with E-state index in [1.807, 2.05) is 53.3 Å². The lowest BCUT2D eigenvalue weighted by Gasteiger charge is -2.44. The molecule has 382 valence electrons. The fourth-order valence-corrected chi connectivity index (χ4v) is 10.3. The van der Waals surface area contributed by atoms with Crippen LogP contribution < -0.4 is 14.8 Å². The number of hydrogen-bond donors (Lipinski definition) is 3. The Kier molecular flexibility index (Phi) is 16.7. The maximum Gasteiger partial charge on any atom is 0.295 e. The van der Waals surface area contributed by atoms with E-state index in [1.54, 1.807) is 36.3 Å². The van der Waals surface area contributed by atoms with Crippen molar-refractivity contribution in [3.63, 3.8) is 0 Å². The number of hydrogen-bond acceptors (Lipinski definition) is 9. The number of halogens is 2. The van der Waals surface area contributed by atoms with Gasteiger partial charge >= 0.3 is 0 Å². The second-order valence-corrected chi connectivity index (χ2v) is 19.6. The van der Waals surface area contributed by atoms with E-state index in [2.05, 4.69) is 45.9 Å². The Morgan fingerprint density at radius 2 is 1.08 bits per heavy atom. The lowest BCUT2D eigenvalue weighted by Crippen LogP contribution is -2.57. The summed E-state index contributed by atoms with van der Waals surface area (Å²) < 4.78 is 37.6. The third-order valence-corrected chi connectivity index (χ3v) is 14.5. The van der Waals surface area contributed by atoms with Crippen molar-refractivity contribution in [3.05, 3.63) is 131 Å². The number of nitrogens with zero attached hydrogens (tertiary/aromatic N) is 5. The third kappa shape index (κ3) is 11.8. The van der Waals surface area contributed by atoms with Crippen LogP contribution in [0.2, 0.25) is 0 Å². The molecule has 4 aliphatic rings. The van der Waals surface area contributed by atoms with Crippen molar-refractivity contribution in [2.24, 2.45) is 0 Å². The van der Waals surface area contributed by atoms with Crippen LogP contribution in [-0.2, 0) is 17.9 Å². The molecule has 0 bridgehead atoms. The van der Waals surface area contributed by atoms with Gasteiger partial charge in [-0.05, 0) is 120 Å². The molecule has 16 heteroatoms. The van der Waals surface area contributed by atoms with Crippen molar-refractivity contribution >= 4 is 45.3 Å². The van der Waals surface area contributed by atoms with Crippen molar-refractivity contribution in [2.45, 2.75) is 90.6 Å². The summed E-state index contributed by atoms with van der Waals surface area (Å²) in [5, 5.41) is 4.74. The van der Waals surface area contributed by atoms with Gasteiger partial charge < -0.3 is 39.5 Å². The van der Waals surface area contributed by atoms with Gasteiger partial charge in [0.25, 0.3) is 23.5 Å². The Morgan fingerprint density at radius 3 is 1.57 bits per heavy atom. The number of likely N-dealkylation sites (tertiary alicyclic amines) is 1. The highest BCUT2D eigenvalue weighted by molar-refractivity contribution is 6.45. The van der Waals surface area contributed by atoms with E-state index >= 15 is 0 Å². The quantitative estimate of drug-likeness (QED) is 0.0912. The molecule has 72 heavy (non-hydrogen) atoms. The monoisotopic (exact) mass is 987 g/mol. The van der Waals surface area contributed by atoms with Crippen LogP contribution in [0.1, 0.15) is 95.6 Å². The molecule has 3 amide bonds. The first kappa shape index (κ1) is 51.7. The normalized spacial score (nSPS) is 20.5. The number of rotatable bonds is 10. The number of aromatic nitrogens is 2. The molecule has 0 unspecified atom stereocenters. The molecule has 0 spiro atoms. The SMILES string of the molecule is C1CCNC1.COc1cc2[nH]cc(C(=O)C(=O)N3CCCC3)c2cc1C(=O)N1C[C@H](C)N(Cc2ccc(F)cc2)C[C@H]1C.COc1cc2[nH]ccc2cc1C(=O)N1C[C@H](C)N(Cc2ccc(F)cc2)C[C@H]1C. The molecule has 4 atom stereocenters. The Labute approximate surface area is 420 Å². The average molecular weight is 987 g/mol. The van der Waals surface area contributed by atoms with E-state index in [9.17, 15) is 28.0 Å². The summed E-state index contributed by atoms with van der Waals surface area (Å²) in [6, 6.07) is 22.5. The number of ketones is 1. The molecule has 0 aliphatic carbocycles. The minimum Gasteiger partial charge on any atom is -0.496 e. The predicted octanol–water partition coefficient (Wildman–Crippen LogP) is 8.28. The van der Waals surface area contributed by atoms with Crippen LogP contribution in [0.5, 0.6) is 11.5 Å². The van der Waals surface area contributed by atoms with Crippen molar-refractivity contribution in [1.82, 2.24) is 39.8 Å². The molecule has 3 N–H and O–H groups in total. The number of methoxy groups -OCH3 is 2. The number of benzene rings is 4. The Bertz CT molecular complexity index is 2830. The number of nitrogens with one attached hydrogen (secondary N) is 3. The Balaban J connectivity index is 0.000000180. The van der Waals surface area contributed by atoms with Gasteiger partial charge in [-0.2, -0.15) is 0 Å². The van der Waals surface area contributed by atoms with Gasteiger partial charge in [-0.15, -0.1) is 0 Å². The topological polar surface area (TPSA) is 147 Å². The molecular formula is C56H68F2N8O6.